The zero-order chi connectivity index (χ0) is 11.0. The van der Waals surface area contributed by atoms with E-state index in [1.54, 1.807) is 25.4 Å². The summed E-state index contributed by atoms with van der Waals surface area (Å²) in [7, 11) is 1.66. The number of aromatic nitrogens is 2. The Kier molecular flexibility index (Phi) is 2.34. The van der Waals surface area contributed by atoms with Crippen LogP contribution in [0.5, 0.6) is 0 Å². The molecule has 0 aromatic carbocycles. The number of anilines is 1. The first kappa shape index (κ1) is 9.95. The van der Waals surface area contributed by atoms with E-state index in [-0.39, 0.29) is 5.56 Å². The van der Waals surface area contributed by atoms with Crippen molar-refractivity contribution in [2.24, 2.45) is 12.9 Å². The van der Waals surface area contributed by atoms with E-state index in [9.17, 15) is 4.79 Å². The third kappa shape index (κ3) is 1.55. The van der Waals surface area contributed by atoms with Crippen molar-refractivity contribution in [3.05, 3.63) is 33.8 Å². The predicted octanol–water partition coefficient (Wildman–Crippen LogP) is 0.872. The highest BCUT2D eigenvalue weighted by Crippen LogP contribution is 2.20. The molecule has 0 radical (unpaired) electrons. The Morgan fingerprint density at radius 1 is 1.60 bits per heavy atom. The summed E-state index contributed by atoms with van der Waals surface area (Å²) < 4.78 is 1.46. The van der Waals surface area contributed by atoms with Crippen molar-refractivity contribution in [2.75, 3.05) is 5.43 Å². The van der Waals surface area contributed by atoms with Crippen LogP contribution in [0.4, 0.5) is 5.82 Å². The van der Waals surface area contributed by atoms with Gasteiger partial charge in [-0.25, -0.2) is 10.8 Å². The summed E-state index contributed by atoms with van der Waals surface area (Å²) >= 11 is 5.78. The van der Waals surface area contributed by atoms with E-state index in [1.807, 2.05) is 0 Å². The molecule has 2 aromatic rings. The first-order valence-corrected chi connectivity index (χ1v) is 4.64. The van der Waals surface area contributed by atoms with Gasteiger partial charge in [0.2, 0.25) is 0 Å². The average Bonchev–Trinajstić information content (AvgIpc) is 2.22. The molecule has 0 amide bonds. The number of hydrazine groups is 1. The maximum atomic E-state index is 11.8. The van der Waals surface area contributed by atoms with E-state index in [2.05, 4.69) is 10.4 Å². The van der Waals surface area contributed by atoms with Crippen LogP contribution in [0.3, 0.4) is 0 Å². The fourth-order valence-corrected chi connectivity index (χ4v) is 1.63. The maximum Gasteiger partial charge on any atom is 0.261 e. The molecule has 2 aromatic heterocycles. The summed E-state index contributed by atoms with van der Waals surface area (Å²) in [6.45, 7) is 0. The third-order valence-corrected chi connectivity index (χ3v) is 2.36. The fraction of sp³-hybridized carbons (Fsp3) is 0.111. The van der Waals surface area contributed by atoms with Gasteiger partial charge in [-0.3, -0.25) is 4.79 Å². The second-order valence-electron chi connectivity index (χ2n) is 3.13. The number of rotatable bonds is 1. The minimum Gasteiger partial charge on any atom is -0.318 e. The summed E-state index contributed by atoms with van der Waals surface area (Å²) in [5.41, 5.74) is 2.21. The molecule has 6 heteroatoms. The SMILES string of the molecule is Cn1ccc2cc(Cl)nc(NN)c2c1=O. The Morgan fingerprint density at radius 3 is 3.00 bits per heavy atom. The zero-order valence-corrected chi connectivity index (χ0v) is 8.75. The van der Waals surface area contributed by atoms with Crippen LogP contribution in [0.1, 0.15) is 0 Å². The van der Waals surface area contributed by atoms with Gasteiger partial charge in [0.1, 0.15) is 5.15 Å². The number of hydrogen-bond acceptors (Lipinski definition) is 4. The van der Waals surface area contributed by atoms with Crippen LogP contribution in [-0.4, -0.2) is 9.55 Å². The quantitative estimate of drug-likeness (QED) is 0.428. The normalized spacial score (nSPS) is 10.6. The van der Waals surface area contributed by atoms with Crippen LogP contribution in [0.25, 0.3) is 10.8 Å². The Balaban J connectivity index is 2.98. The van der Waals surface area contributed by atoms with Crippen molar-refractivity contribution in [1.82, 2.24) is 9.55 Å². The Morgan fingerprint density at radius 2 is 2.33 bits per heavy atom. The van der Waals surface area contributed by atoms with Crippen molar-refractivity contribution >= 4 is 28.2 Å². The lowest BCUT2D eigenvalue weighted by atomic mass is 10.2. The molecule has 15 heavy (non-hydrogen) atoms. The van der Waals surface area contributed by atoms with Crippen molar-refractivity contribution in [2.45, 2.75) is 0 Å². The predicted molar refractivity (Wildman–Crippen MR) is 59.8 cm³/mol. The second kappa shape index (κ2) is 3.52. The van der Waals surface area contributed by atoms with Gasteiger partial charge >= 0.3 is 0 Å². The van der Waals surface area contributed by atoms with Gasteiger partial charge in [-0.15, -0.1) is 0 Å². The topological polar surface area (TPSA) is 72.9 Å². The molecule has 0 atom stereocenters. The minimum atomic E-state index is -0.162. The Labute approximate surface area is 90.5 Å². The second-order valence-corrected chi connectivity index (χ2v) is 3.52. The molecule has 0 aliphatic carbocycles. The summed E-state index contributed by atoms with van der Waals surface area (Å²) in [6, 6.07) is 3.41. The average molecular weight is 225 g/mol. The summed E-state index contributed by atoms with van der Waals surface area (Å²) in [6.07, 6.45) is 1.67. The molecule has 0 aliphatic rings. The summed E-state index contributed by atoms with van der Waals surface area (Å²) in [4.78, 5) is 15.7. The largest absolute Gasteiger partial charge is 0.318 e. The zero-order valence-electron chi connectivity index (χ0n) is 7.99. The van der Waals surface area contributed by atoms with E-state index in [1.165, 1.54) is 4.57 Å². The molecule has 0 unspecified atom stereocenters. The fourth-order valence-electron chi connectivity index (χ4n) is 1.43. The van der Waals surface area contributed by atoms with Gasteiger partial charge < -0.3 is 9.99 Å². The first-order valence-electron chi connectivity index (χ1n) is 4.26. The molecule has 0 bridgehead atoms. The number of hydrogen-bond donors (Lipinski definition) is 2. The van der Waals surface area contributed by atoms with Gasteiger partial charge in [0.05, 0.1) is 5.39 Å². The van der Waals surface area contributed by atoms with Gasteiger partial charge in [0, 0.05) is 13.2 Å². The van der Waals surface area contributed by atoms with E-state index < -0.39 is 0 Å². The lowest BCUT2D eigenvalue weighted by molar-refractivity contribution is 0.872. The standard InChI is InChI=1S/C9H9ClN4O/c1-14-3-2-5-4-6(10)12-8(13-11)7(5)9(14)15/h2-4H,11H2,1H3,(H,12,13). The summed E-state index contributed by atoms with van der Waals surface area (Å²) in [5, 5.41) is 1.45. The monoisotopic (exact) mass is 224 g/mol. The Bertz CT molecular complexity index is 578. The van der Waals surface area contributed by atoms with E-state index >= 15 is 0 Å². The van der Waals surface area contributed by atoms with E-state index in [4.69, 9.17) is 17.4 Å². The number of nitrogen functional groups attached to an aromatic ring is 1. The van der Waals surface area contributed by atoms with Gasteiger partial charge in [0.15, 0.2) is 5.82 Å². The lowest BCUT2D eigenvalue weighted by Gasteiger charge is -2.06. The molecule has 0 fully saturated rings. The van der Waals surface area contributed by atoms with Crippen molar-refractivity contribution < 1.29 is 0 Å². The third-order valence-electron chi connectivity index (χ3n) is 2.17. The number of nitrogens with two attached hydrogens (primary N) is 1. The number of pyridine rings is 2. The van der Waals surface area contributed by atoms with E-state index in [0.717, 1.165) is 0 Å². The molecule has 0 spiro atoms. The highest BCUT2D eigenvalue weighted by atomic mass is 35.5. The molecule has 2 heterocycles. The molecule has 0 saturated heterocycles. The van der Waals surface area contributed by atoms with Crippen LogP contribution in [-0.2, 0) is 7.05 Å². The van der Waals surface area contributed by atoms with Gasteiger partial charge in [0.25, 0.3) is 5.56 Å². The number of aryl methyl sites for hydroxylation is 1. The smallest absolute Gasteiger partial charge is 0.261 e. The van der Waals surface area contributed by atoms with Crippen molar-refractivity contribution in [1.29, 1.82) is 0 Å². The lowest BCUT2D eigenvalue weighted by Crippen LogP contribution is -2.19. The van der Waals surface area contributed by atoms with Crippen molar-refractivity contribution in [3.63, 3.8) is 0 Å². The minimum absolute atomic E-state index is 0.162. The highest BCUT2D eigenvalue weighted by molar-refractivity contribution is 6.30. The van der Waals surface area contributed by atoms with Crippen LogP contribution in [0.2, 0.25) is 5.15 Å². The molecular formula is C9H9ClN4O. The van der Waals surface area contributed by atoms with Gasteiger partial charge in [-0.05, 0) is 17.5 Å². The number of fused-ring (bicyclic) bond motifs is 1. The molecule has 0 saturated carbocycles. The van der Waals surface area contributed by atoms with E-state index in [0.29, 0.717) is 21.7 Å². The maximum absolute atomic E-state index is 11.8. The number of nitrogens with one attached hydrogen (secondary N) is 1. The van der Waals surface area contributed by atoms with Crippen LogP contribution < -0.4 is 16.8 Å². The summed E-state index contributed by atoms with van der Waals surface area (Å²) in [5.74, 6) is 5.57. The number of halogens is 1. The Hall–Kier alpha value is -1.59. The van der Waals surface area contributed by atoms with Crippen molar-refractivity contribution in [3.8, 4) is 0 Å². The van der Waals surface area contributed by atoms with Gasteiger partial charge in [-0.2, -0.15) is 0 Å². The molecule has 0 aliphatic heterocycles. The van der Waals surface area contributed by atoms with Crippen LogP contribution in [0, 0.1) is 0 Å². The van der Waals surface area contributed by atoms with Crippen LogP contribution >= 0.6 is 11.6 Å². The highest BCUT2D eigenvalue weighted by Gasteiger charge is 2.08. The molecule has 3 N–H and O–H groups in total. The molecular weight excluding hydrogens is 216 g/mol. The number of nitrogens with zero attached hydrogens (tertiary/aromatic N) is 2. The van der Waals surface area contributed by atoms with Gasteiger partial charge in [-0.1, -0.05) is 11.6 Å². The molecule has 2 rings (SSSR count). The molecule has 5 nitrogen and oxygen atoms in total. The van der Waals surface area contributed by atoms with Crippen LogP contribution in [0.15, 0.2) is 23.1 Å². The molecule has 78 valence electrons. The first-order chi connectivity index (χ1) is 7.13.